The Balaban J connectivity index is 0.00000512. The first kappa shape index (κ1) is 28.5. The number of nitrogens with zero attached hydrogens (tertiary/aromatic N) is 4. The van der Waals surface area contributed by atoms with Crippen LogP contribution in [0.5, 0.6) is 0 Å². The highest BCUT2D eigenvalue weighted by atomic mass is 127. The van der Waals surface area contributed by atoms with Crippen LogP contribution in [-0.2, 0) is 6.42 Å². The third kappa shape index (κ3) is 9.13. The Morgan fingerprint density at radius 2 is 2.03 bits per heavy atom. The van der Waals surface area contributed by atoms with Gasteiger partial charge in [-0.15, -0.1) is 24.0 Å². The van der Waals surface area contributed by atoms with Crippen LogP contribution in [0.4, 0.5) is 13.2 Å². The lowest BCUT2D eigenvalue weighted by Gasteiger charge is -2.26. The average molecular weight is 569 g/mol. The summed E-state index contributed by atoms with van der Waals surface area (Å²) in [5.74, 6) is 0.928. The van der Waals surface area contributed by atoms with Crippen LogP contribution in [0.25, 0.3) is 0 Å². The molecule has 1 atom stereocenters. The third-order valence-corrected chi connectivity index (χ3v) is 5.44. The average Bonchev–Trinajstić information content (AvgIpc) is 3.17. The number of hydrogen-bond donors (Lipinski definition) is 1. The molecule has 1 aromatic carbocycles. The molecule has 1 unspecified atom stereocenters. The molecule has 0 saturated carbocycles. The molecule has 0 bridgehead atoms. The fourth-order valence-electron chi connectivity index (χ4n) is 3.87. The Morgan fingerprint density at radius 3 is 2.62 bits per heavy atom. The molecular weight excluding hydrogens is 534 g/mol. The van der Waals surface area contributed by atoms with Crippen molar-refractivity contribution < 1.29 is 18.0 Å². The van der Waals surface area contributed by atoms with Crippen LogP contribution >= 0.6 is 24.0 Å². The van der Waals surface area contributed by atoms with Gasteiger partial charge in [-0.25, -0.2) is 0 Å². The summed E-state index contributed by atoms with van der Waals surface area (Å²) in [7, 11) is 5.17. The molecule has 1 saturated heterocycles. The van der Waals surface area contributed by atoms with Crippen LogP contribution in [0.1, 0.15) is 29.3 Å². The van der Waals surface area contributed by atoms with Crippen molar-refractivity contribution in [2.45, 2.75) is 25.9 Å². The summed E-state index contributed by atoms with van der Waals surface area (Å²) < 4.78 is 38.1. The van der Waals surface area contributed by atoms with E-state index in [9.17, 15) is 18.0 Å². The quantitative estimate of drug-likeness (QED) is 0.297. The van der Waals surface area contributed by atoms with Gasteiger partial charge in [0.15, 0.2) is 5.96 Å². The Morgan fingerprint density at radius 1 is 1.31 bits per heavy atom. The van der Waals surface area contributed by atoms with E-state index in [0.29, 0.717) is 31.7 Å². The van der Waals surface area contributed by atoms with E-state index in [1.54, 1.807) is 39.0 Å². The fraction of sp³-hybridized carbons (Fsp3) is 0.636. The number of alkyl halides is 3. The van der Waals surface area contributed by atoms with Gasteiger partial charge < -0.3 is 15.1 Å². The molecule has 1 fully saturated rings. The van der Waals surface area contributed by atoms with Crippen molar-refractivity contribution in [1.82, 2.24) is 20.0 Å². The summed E-state index contributed by atoms with van der Waals surface area (Å²) in [6.45, 7) is 3.86. The van der Waals surface area contributed by atoms with Gasteiger partial charge in [-0.2, -0.15) is 13.2 Å². The maximum Gasteiger partial charge on any atom is 0.401 e. The molecule has 10 heteroatoms. The summed E-state index contributed by atoms with van der Waals surface area (Å²) in [6.07, 6.45) is -2.58. The van der Waals surface area contributed by atoms with E-state index < -0.39 is 12.7 Å². The first-order chi connectivity index (χ1) is 14.6. The molecule has 182 valence electrons. The molecule has 1 aromatic rings. The Bertz CT molecular complexity index is 757. The van der Waals surface area contributed by atoms with E-state index in [2.05, 4.69) is 15.2 Å². The van der Waals surface area contributed by atoms with E-state index in [1.807, 2.05) is 18.2 Å². The molecule has 1 heterocycles. The number of likely N-dealkylation sites (tertiary alicyclic amines) is 1. The predicted octanol–water partition coefficient (Wildman–Crippen LogP) is 3.33. The van der Waals surface area contributed by atoms with Crippen molar-refractivity contribution in [3.8, 4) is 0 Å². The molecule has 0 spiro atoms. The number of amides is 1. The zero-order valence-corrected chi connectivity index (χ0v) is 21.6. The van der Waals surface area contributed by atoms with E-state index >= 15 is 0 Å². The summed E-state index contributed by atoms with van der Waals surface area (Å²) in [6, 6.07) is 7.58. The Hall–Kier alpha value is -1.56. The van der Waals surface area contributed by atoms with Crippen molar-refractivity contribution >= 4 is 35.8 Å². The van der Waals surface area contributed by atoms with Crippen molar-refractivity contribution in [3.63, 3.8) is 0 Å². The second-order valence-electron chi connectivity index (χ2n) is 8.17. The number of benzene rings is 1. The van der Waals surface area contributed by atoms with E-state index in [1.165, 1.54) is 4.90 Å². The van der Waals surface area contributed by atoms with Gasteiger partial charge in [0.05, 0.1) is 6.54 Å². The molecule has 1 N–H and O–H groups in total. The lowest BCUT2D eigenvalue weighted by Crippen LogP contribution is -2.42. The second kappa shape index (κ2) is 13.2. The highest BCUT2D eigenvalue weighted by Crippen LogP contribution is 2.21. The van der Waals surface area contributed by atoms with Gasteiger partial charge in [0, 0.05) is 52.9 Å². The lowest BCUT2D eigenvalue weighted by molar-refractivity contribution is -0.146. The van der Waals surface area contributed by atoms with Crippen LogP contribution in [0, 0.1) is 5.92 Å². The Kier molecular flexibility index (Phi) is 11.8. The summed E-state index contributed by atoms with van der Waals surface area (Å²) >= 11 is 0. The first-order valence-electron chi connectivity index (χ1n) is 10.7. The van der Waals surface area contributed by atoms with Crippen LogP contribution in [0.3, 0.4) is 0 Å². The number of hydrogen-bond acceptors (Lipinski definition) is 3. The minimum atomic E-state index is -4.17. The lowest BCUT2D eigenvalue weighted by atomic mass is 10.1. The molecule has 32 heavy (non-hydrogen) atoms. The summed E-state index contributed by atoms with van der Waals surface area (Å²) in [4.78, 5) is 21.6. The normalized spacial score (nSPS) is 16.8. The number of nitrogens with one attached hydrogen (secondary N) is 1. The first-order valence-corrected chi connectivity index (χ1v) is 10.7. The molecule has 0 radical (unpaired) electrons. The van der Waals surface area contributed by atoms with E-state index in [4.69, 9.17) is 0 Å². The van der Waals surface area contributed by atoms with E-state index in [0.717, 1.165) is 30.9 Å². The molecule has 0 aromatic heterocycles. The monoisotopic (exact) mass is 569 g/mol. The standard InChI is InChI=1S/C22H34F3N5O.HI/c1-5-29(16-22(23,24)25)14-18-10-12-30(15-18)21(26-2)27-11-9-17-7-6-8-19(13-17)20(31)28(3)4;/h6-8,13,18H,5,9-12,14-16H2,1-4H3,(H,26,27);1H. The van der Waals surface area contributed by atoms with Crippen LogP contribution in [0.2, 0.25) is 0 Å². The van der Waals surface area contributed by atoms with Crippen LogP contribution < -0.4 is 5.32 Å². The maximum absolute atomic E-state index is 12.7. The predicted molar refractivity (Wildman–Crippen MR) is 133 cm³/mol. The molecule has 2 rings (SSSR count). The van der Waals surface area contributed by atoms with Gasteiger partial charge in [0.25, 0.3) is 5.91 Å². The van der Waals surface area contributed by atoms with Gasteiger partial charge in [-0.05, 0) is 43.0 Å². The zero-order chi connectivity index (χ0) is 23.0. The second-order valence-corrected chi connectivity index (χ2v) is 8.17. The van der Waals surface area contributed by atoms with Gasteiger partial charge in [-0.3, -0.25) is 14.7 Å². The highest BCUT2D eigenvalue weighted by Gasteiger charge is 2.33. The zero-order valence-electron chi connectivity index (χ0n) is 19.3. The highest BCUT2D eigenvalue weighted by molar-refractivity contribution is 14.0. The number of aliphatic imine (C=N–C) groups is 1. The van der Waals surface area contributed by atoms with Crippen LogP contribution in [-0.4, -0.2) is 93.2 Å². The summed E-state index contributed by atoms with van der Waals surface area (Å²) in [5, 5.41) is 3.34. The maximum atomic E-state index is 12.7. The number of halogens is 4. The van der Waals surface area contributed by atoms with Gasteiger partial charge in [0.2, 0.25) is 0 Å². The number of rotatable bonds is 8. The smallest absolute Gasteiger partial charge is 0.356 e. The molecule has 1 amide bonds. The largest absolute Gasteiger partial charge is 0.401 e. The summed E-state index contributed by atoms with van der Waals surface area (Å²) in [5.41, 5.74) is 1.72. The molecule has 1 aliphatic rings. The Labute approximate surface area is 206 Å². The topological polar surface area (TPSA) is 51.2 Å². The molecule has 1 aliphatic heterocycles. The van der Waals surface area contributed by atoms with Gasteiger partial charge in [0.1, 0.15) is 0 Å². The minimum Gasteiger partial charge on any atom is -0.356 e. The molecule has 6 nitrogen and oxygen atoms in total. The number of carbonyl (C=O) groups excluding carboxylic acids is 1. The molecular formula is C22H35F3IN5O. The van der Waals surface area contributed by atoms with Crippen molar-refractivity contribution in [2.24, 2.45) is 10.9 Å². The van der Waals surface area contributed by atoms with Gasteiger partial charge in [-0.1, -0.05) is 19.1 Å². The van der Waals surface area contributed by atoms with Crippen molar-refractivity contribution in [1.29, 1.82) is 0 Å². The number of carbonyl (C=O) groups is 1. The third-order valence-electron chi connectivity index (χ3n) is 5.44. The fourth-order valence-corrected chi connectivity index (χ4v) is 3.87. The SMILES string of the molecule is CCN(CC1CCN(C(=NC)NCCc2cccc(C(=O)N(C)C)c2)C1)CC(F)(F)F.I. The molecule has 0 aliphatic carbocycles. The van der Waals surface area contributed by atoms with Crippen LogP contribution in [0.15, 0.2) is 29.3 Å². The van der Waals surface area contributed by atoms with Crippen molar-refractivity contribution in [2.75, 3.05) is 60.4 Å². The van der Waals surface area contributed by atoms with E-state index in [-0.39, 0.29) is 35.8 Å². The minimum absolute atomic E-state index is 0. The van der Waals surface area contributed by atoms with Crippen molar-refractivity contribution in [3.05, 3.63) is 35.4 Å². The number of guanidine groups is 1. The van der Waals surface area contributed by atoms with Gasteiger partial charge >= 0.3 is 6.18 Å².